The van der Waals surface area contributed by atoms with Crippen molar-refractivity contribution < 1.29 is 58.2 Å². The molecule has 286 valence electrons. The van der Waals surface area contributed by atoms with E-state index < -0.39 is 69.0 Å². The molecule has 1 atom stereocenters. The van der Waals surface area contributed by atoms with Gasteiger partial charge in [0.25, 0.3) is 5.91 Å². The van der Waals surface area contributed by atoms with E-state index in [4.69, 9.17) is 0 Å². The number of fused-ring (bicyclic) bond motifs is 2. The summed E-state index contributed by atoms with van der Waals surface area (Å²) in [5.74, 6) is -3.31. The third-order valence-electron chi connectivity index (χ3n) is 9.46. The molecule has 1 aromatic heterocycles. The molecule has 12 nitrogen and oxygen atoms in total. The van der Waals surface area contributed by atoms with Crippen LogP contribution in [0.25, 0.3) is 11.0 Å². The number of carbonyl (C=O) groups excluding carboxylic acids is 1. The SMILES string of the molecule is CCS(=O)(=O)c1ccc(CN(C(=O)c2ccc3c(c2)nc(C(F)(F)F)n3Cc2cccc3c2OC(F)(F)O3)[C@@H](CO)C2CCN(S(C)(=O)=O)CC2)cc1. The van der Waals surface area contributed by atoms with Crippen LogP contribution in [0.15, 0.2) is 65.6 Å². The highest BCUT2D eigenvalue weighted by molar-refractivity contribution is 7.91. The Morgan fingerprint density at radius 2 is 1.72 bits per heavy atom. The summed E-state index contributed by atoms with van der Waals surface area (Å²) in [7, 11) is -7.01. The number of imidazole rings is 1. The Labute approximate surface area is 301 Å². The number of aromatic nitrogens is 2. The molecular formula is C34H35F5N4O8S2. The molecule has 0 bridgehead atoms. The first-order valence-corrected chi connectivity index (χ1v) is 19.9. The number of carbonyl (C=O) groups is 1. The van der Waals surface area contributed by atoms with E-state index in [9.17, 15) is 48.7 Å². The molecule has 1 amide bonds. The summed E-state index contributed by atoms with van der Waals surface area (Å²) in [4.78, 5) is 19.6. The monoisotopic (exact) mass is 786 g/mol. The number of para-hydroxylation sites is 1. The van der Waals surface area contributed by atoms with Crippen LogP contribution in [0.3, 0.4) is 0 Å². The summed E-state index contributed by atoms with van der Waals surface area (Å²) >= 11 is 0. The maximum Gasteiger partial charge on any atom is 0.586 e. The fraction of sp³-hybridized carbons (Fsp3) is 0.412. The summed E-state index contributed by atoms with van der Waals surface area (Å²) in [6.45, 7) is 0.549. The number of nitrogens with zero attached hydrogens (tertiary/aromatic N) is 4. The maximum atomic E-state index is 14.4. The second kappa shape index (κ2) is 14.1. The molecule has 1 fully saturated rings. The Balaban J connectivity index is 1.37. The minimum atomic E-state index is -4.99. The van der Waals surface area contributed by atoms with Crippen LogP contribution < -0.4 is 9.47 Å². The summed E-state index contributed by atoms with van der Waals surface area (Å²) in [5.41, 5.74) is 0.0845. The van der Waals surface area contributed by atoms with Crippen molar-refractivity contribution in [2.75, 3.05) is 31.7 Å². The molecule has 53 heavy (non-hydrogen) atoms. The van der Waals surface area contributed by atoms with Gasteiger partial charge in [0, 0.05) is 30.8 Å². The van der Waals surface area contributed by atoms with E-state index in [0.29, 0.717) is 18.4 Å². The molecule has 4 aromatic rings. The van der Waals surface area contributed by atoms with Crippen LogP contribution in [0.1, 0.15) is 47.1 Å². The van der Waals surface area contributed by atoms with Gasteiger partial charge in [0.15, 0.2) is 21.3 Å². The number of sulfonamides is 1. The largest absolute Gasteiger partial charge is 0.586 e. The van der Waals surface area contributed by atoms with Gasteiger partial charge in [0.1, 0.15) is 0 Å². The van der Waals surface area contributed by atoms with Crippen LogP contribution >= 0.6 is 0 Å². The number of sulfone groups is 1. The first kappa shape index (κ1) is 38.4. The number of aliphatic hydroxyl groups is 1. The summed E-state index contributed by atoms with van der Waals surface area (Å²) in [5, 5.41) is 10.7. The van der Waals surface area contributed by atoms with Crippen LogP contribution in [-0.4, -0.2) is 90.6 Å². The number of hydrogen-bond acceptors (Lipinski definition) is 9. The van der Waals surface area contributed by atoms with Gasteiger partial charge in [-0.25, -0.2) is 26.1 Å². The molecule has 2 aliphatic heterocycles. The number of amides is 1. The van der Waals surface area contributed by atoms with E-state index in [-0.39, 0.29) is 64.1 Å². The lowest BCUT2D eigenvalue weighted by Gasteiger charge is -2.40. The molecule has 19 heteroatoms. The fourth-order valence-electron chi connectivity index (χ4n) is 6.72. The van der Waals surface area contributed by atoms with E-state index in [1.165, 1.54) is 70.7 Å². The molecule has 0 saturated carbocycles. The third-order valence-corrected chi connectivity index (χ3v) is 12.5. The minimum absolute atomic E-state index is 0.0405. The fourth-order valence-corrected chi connectivity index (χ4v) is 8.48. The van der Waals surface area contributed by atoms with Crippen LogP contribution in [0.2, 0.25) is 0 Å². The number of halogens is 5. The van der Waals surface area contributed by atoms with Crippen molar-refractivity contribution in [3.05, 3.63) is 83.2 Å². The summed E-state index contributed by atoms with van der Waals surface area (Å²) in [6.07, 6.45) is -7.30. The van der Waals surface area contributed by atoms with Gasteiger partial charge in [0.2, 0.25) is 15.8 Å². The van der Waals surface area contributed by atoms with Gasteiger partial charge < -0.3 is 24.0 Å². The van der Waals surface area contributed by atoms with Crippen LogP contribution in [0, 0.1) is 5.92 Å². The van der Waals surface area contributed by atoms with Gasteiger partial charge in [-0.3, -0.25) is 4.79 Å². The van der Waals surface area contributed by atoms with Gasteiger partial charge >= 0.3 is 12.5 Å². The Morgan fingerprint density at radius 1 is 1.04 bits per heavy atom. The zero-order valence-corrected chi connectivity index (χ0v) is 30.0. The molecule has 0 spiro atoms. The number of hydrogen-bond donors (Lipinski definition) is 1. The predicted molar refractivity (Wildman–Crippen MR) is 181 cm³/mol. The lowest BCUT2D eigenvalue weighted by Crippen LogP contribution is -2.50. The van der Waals surface area contributed by atoms with Crippen LogP contribution in [0.5, 0.6) is 11.5 Å². The quantitative estimate of drug-likeness (QED) is 0.210. The molecule has 0 unspecified atom stereocenters. The number of aliphatic hydroxyl groups excluding tert-OH is 1. The highest BCUT2D eigenvalue weighted by Gasteiger charge is 2.45. The summed E-state index contributed by atoms with van der Waals surface area (Å²) < 4.78 is 131. The molecule has 1 N–H and O–H groups in total. The van der Waals surface area contributed by atoms with Crippen LogP contribution in [-0.2, 0) is 39.1 Å². The van der Waals surface area contributed by atoms with Gasteiger partial charge in [-0.05, 0) is 60.7 Å². The predicted octanol–water partition coefficient (Wildman–Crippen LogP) is 4.89. The highest BCUT2D eigenvalue weighted by Crippen LogP contribution is 2.44. The molecule has 2 aliphatic rings. The normalized spacial score (nSPS) is 17.3. The van der Waals surface area contributed by atoms with Gasteiger partial charge in [-0.15, -0.1) is 8.78 Å². The zero-order chi connectivity index (χ0) is 38.5. The van der Waals surface area contributed by atoms with Gasteiger partial charge in [0.05, 0.1) is 47.1 Å². The van der Waals surface area contributed by atoms with Gasteiger partial charge in [-0.1, -0.05) is 31.2 Å². The number of benzene rings is 3. The lowest BCUT2D eigenvalue weighted by atomic mass is 9.88. The summed E-state index contributed by atoms with van der Waals surface area (Å²) in [6, 6.07) is 12.5. The van der Waals surface area contributed by atoms with Crippen molar-refractivity contribution in [3.8, 4) is 11.5 Å². The second-order valence-corrected chi connectivity index (χ2v) is 17.1. The molecule has 3 aromatic carbocycles. The van der Waals surface area contributed by atoms with Crippen molar-refractivity contribution in [2.24, 2.45) is 5.92 Å². The topological polar surface area (TPSA) is 148 Å². The zero-order valence-electron chi connectivity index (χ0n) is 28.4. The van der Waals surface area contributed by atoms with E-state index in [1.807, 2.05) is 0 Å². The first-order chi connectivity index (χ1) is 24.8. The Morgan fingerprint density at radius 3 is 2.32 bits per heavy atom. The van der Waals surface area contributed by atoms with E-state index in [1.54, 1.807) is 0 Å². The molecule has 1 saturated heterocycles. The lowest BCUT2D eigenvalue weighted by molar-refractivity contribution is -0.287. The smallest absolute Gasteiger partial charge is 0.395 e. The van der Waals surface area contributed by atoms with E-state index in [0.717, 1.165) is 16.9 Å². The first-order valence-electron chi connectivity index (χ1n) is 16.4. The molecule has 6 rings (SSSR count). The van der Waals surface area contributed by atoms with Crippen molar-refractivity contribution in [1.82, 2.24) is 18.8 Å². The minimum Gasteiger partial charge on any atom is -0.395 e. The van der Waals surface area contributed by atoms with Crippen LogP contribution in [0.4, 0.5) is 22.0 Å². The molecule has 3 heterocycles. The van der Waals surface area contributed by atoms with Gasteiger partial charge in [-0.2, -0.15) is 13.2 Å². The standard InChI is InChI=1S/C34H35F5N4O8S2/c1-3-53(48,49)25-10-7-21(8-11-25)18-42(28(20-44)22-13-15-41(16-14-22)52(2,46)47)31(45)23-9-12-27-26(17-23)40-32(33(35,36)37)43(27)19-24-5-4-6-29-30(24)51-34(38,39)50-29/h4-12,17,22,28,44H,3,13-16,18-20H2,1-2H3/t28-/m0/s1. The Hall–Kier alpha value is -4.33. The molecule has 0 radical (unpaired) electrons. The third kappa shape index (κ3) is 7.97. The van der Waals surface area contributed by atoms with Crippen molar-refractivity contribution in [3.63, 3.8) is 0 Å². The Bertz CT molecular complexity index is 2240. The van der Waals surface area contributed by atoms with Crippen molar-refractivity contribution in [2.45, 2.75) is 56.3 Å². The Kier molecular flexibility index (Phi) is 10.2. The number of piperidine rings is 1. The van der Waals surface area contributed by atoms with Crippen molar-refractivity contribution in [1.29, 1.82) is 0 Å². The number of ether oxygens (including phenoxy) is 2. The van der Waals surface area contributed by atoms with E-state index >= 15 is 0 Å². The molecular weight excluding hydrogens is 752 g/mol. The van der Waals surface area contributed by atoms with Crippen molar-refractivity contribution >= 4 is 36.8 Å². The second-order valence-electron chi connectivity index (χ2n) is 12.9. The highest BCUT2D eigenvalue weighted by atomic mass is 32.2. The number of rotatable bonds is 11. The maximum absolute atomic E-state index is 14.4. The molecule has 0 aliphatic carbocycles. The average molecular weight is 787 g/mol. The van der Waals surface area contributed by atoms with E-state index in [2.05, 4.69) is 14.5 Å². The average Bonchev–Trinajstić information content (AvgIpc) is 3.64. The number of alkyl halides is 5.